The summed E-state index contributed by atoms with van der Waals surface area (Å²) in [5.74, 6) is 0. The topological polar surface area (TPSA) is 25.8 Å². The van der Waals surface area contributed by atoms with Crippen LogP contribution in [0.4, 0.5) is 0 Å². The normalized spacial score (nSPS) is 9.67. The van der Waals surface area contributed by atoms with Gasteiger partial charge in [-0.15, -0.1) is 0 Å². The number of rotatable bonds is 1. The molecule has 0 fully saturated rings. The average molecular weight is 154 g/mol. The number of hydrogen-bond donors (Lipinski definition) is 0. The van der Waals surface area contributed by atoms with Crippen LogP contribution < -0.4 is 0 Å². The van der Waals surface area contributed by atoms with Crippen molar-refractivity contribution in [2.75, 3.05) is 0 Å². The van der Waals surface area contributed by atoms with Crippen molar-refractivity contribution in [3.63, 3.8) is 0 Å². The largest absolute Gasteiger partial charge is 0.255 e. The Morgan fingerprint density at radius 1 is 1.17 bits per heavy atom. The summed E-state index contributed by atoms with van der Waals surface area (Å²) >= 11 is 0. The van der Waals surface area contributed by atoms with E-state index in [-0.39, 0.29) is 0 Å². The predicted octanol–water partition coefficient (Wildman–Crippen LogP) is 1.74. The van der Waals surface area contributed by atoms with Gasteiger partial charge in [-0.3, -0.25) is 4.98 Å². The fourth-order valence-electron chi connectivity index (χ4n) is 0.962. The lowest BCUT2D eigenvalue weighted by molar-refractivity contribution is 1.27. The molecule has 2 nitrogen and oxygen atoms in total. The third-order valence-electron chi connectivity index (χ3n) is 1.53. The molecule has 0 bridgehead atoms. The molecule has 0 spiro atoms. The van der Waals surface area contributed by atoms with Gasteiger partial charge in [0.25, 0.3) is 0 Å². The molecule has 0 amide bonds. The van der Waals surface area contributed by atoms with Crippen molar-refractivity contribution in [2.24, 2.45) is 0 Å². The first-order valence-corrected chi connectivity index (χ1v) is 3.62. The summed E-state index contributed by atoms with van der Waals surface area (Å²) in [6.45, 7) is 0. The molecule has 0 aromatic carbocycles. The summed E-state index contributed by atoms with van der Waals surface area (Å²) in [4.78, 5) is 7.88. The van der Waals surface area contributed by atoms with Gasteiger partial charge in [0.1, 0.15) is 0 Å². The molecule has 0 unspecified atom stereocenters. The second-order valence-corrected chi connectivity index (χ2v) is 2.33. The Balaban J connectivity index is 2.46. The zero-order valence-electron chi connectivity index (χ0n) is 6.36. The standard InChI is InChI=1S/C10H6N2/c1-2-6-12-10(3-1)9-4-7-11-8-5-9/h1-5,7H. The molecule has 0 saturated heterocycles. The van der Waals surface area contributed by atoms with E-state index in [1.807, 2.05) is 18.2 Å². The van der Waals surface area contributed by atoms with E-state index in [2.05, 4.69) is 22.4 Å². The molecular formula is C10H6N2. The summed E-state index contributed by atoms with van der Waals surface area (Å²) in [6, 6.07) is 9.31. The van der Waals surface area contributed by atoms with E-state index < -0.39 is 0 Å². The molecule has 12 heavy (non-hydrogen) atoms. The molecule has 2 aromatic heterocycles. The van der Waals surface area contributed by atoms with Crippen LogP contribution >= 0.6 is 0 Å². The number of aromatic nitrogens is 2. The van der Waals surface area contributed by atoms with Gasteiger partial charge in [-0.1, -0.05) is 6.07 Å². The van der Waals surface area contributed by atoms with Crippen molar-refractivity contribution < 1.29 is 0 Å². The molecule has 0 N–H and O–H groups in total. The first-order valence-electron chi connectivity index (χ1n) is 3.62. The molecular weight excluding hydrogens is 148 g/mol. The van der Waals surface area contributed by atoms with Gasteiger partial charge >= 0.3 is 0 Å². The summed E-state index contributed by atoms with van der Waals surface area (Å²) < 4.78 is 0. The monoisotopic (exact) mass is 154 g/mol. The van der Waals surface area contributed by atoms with Gasteiger partial charge in [0.05, 0.1) is 18.1 Å². The lowest BCUT2D eigenvalue weighted by Crippen LogP contribution is -1.81. The van der Waals surface area contributed by atoms with Crippen LogP contribution in [0.3, 0.4) is 0 Å². The van der Waals surface area contributed by atoms with Gasteiger partial charge < -0.3 is 0 Å². The Hall–Kier alpha value is -1.70. The fourth-order valence-corrected chi connectivity index (χ4v) is 0.962. The molecule has 56 valence electrons. The third kappa shape index (κ3) is 1.32. The molecule has 2 radical (unpaired) electrons. The maximum absolute atomic E-state index is 4.08. The smallest absolute Gasteiger partial charge is 0.0893 e. The van der Waals surface area contributed by atoms with Crippen LogP contribution in [0.15, 0.2) is 36.5 Å². The van der Waals surface area contributed by atoms with Gasteiger partial charge in [-0.25, -0.2) is 4.98 Å². The van der Waals surface area contributed by atoms with Crippen molar-refractivity contribution in [3.8, 4) is 11.3 Å². The highest BCUT2D eigenvalue weighted by atomic mass is 14.7. The number of hydrogen-bond acceptors (Lipinski definition) is 2. The van der Waals surface area contributed by atoms with E-state index in [1.165, 1.54) is 0 Å². The molecule has 2 aromatic rings. The molecule has 2 heterocycles. The summed E-state index contributed by atoms with van der Waals surface area (Å²) in [6.07, 6.45) is 7.23. The fraction of sp³-hybridized carbons (Fsp3) is 0. The van der Waals surface area contributed by atoms with Crippen molar-refractivity contribution in [3.05, 3.63) is 48.9 Å². The minimum absolute atomic E-state index is 0.899. The first kappa shape index (κ1) is 6.98. The lowest BCUT2D eigenvalue weighted by Gasteiger charge is -1.96. The quantitative estimate of drug-likeness (QED) is 0.625. The van der Waals surface area contributed by atoms with Crippen LogP contribution in [-0.4, -0.2) is 9.97 Å². The zero-order chi connectivity index (χ0) is 8.23. The SMILES string of the molecule is [c]1cc(-c2ccc[c]n2)ccn1. The first-order chi connectivity index (χ1) is 5.97. The summed E-state index contributed by atoms with van der Waals surface area (Å²) in [5.41, 5.74) is 1.91. The molecule has 2 heteroatoms. The maximum Gasteiger partial charge on any atom is 0.0893 e. The Morgan fingerprint density at radius 3 is 2.83 bits per heavy atom. The van der Waals surface area contributed by atoms with Gasteiger partial charge in [-0.2, -0.15) is 0 Å². The summed E-state index contributed by atoms with van der Waals surface area (Å²) in [5, 5.41) is 0. The second kappa shape index (κ2) is 3.13. The van der Waals surface area contributed by atoms with E-state index in [0.717, 1.165) is 11.3 Å². The zero-order valence-corrected chi connectivity index (χ0v) is 6.36. The molecule has 2 rings (SSSR count). The number of nitrogens with zero attached hydrogens (tertiary/aromatic N) is 2. The lowest BCUT2D eigenvalue weighted by atomic mass is 10.2. The number of pyridine rings is 2. The van der Waals surface area contributed by atoms with E-state index in [4.69, 9.17) is 0 Å². The molecule has 0 aliphatic rings. The van der Waals surface area contributed by atoms with Crippen molar-refractivity contribution in [1.29, 1.82) is 0 Å². The van der Waals surface area contributed by atoms with Gasteiger partial charge in [0, 0.05) is 11.8 Å². The highest BCUT2D eigenvalue weighted by Gasteiger charge is 1.94. The third-order valence-corrected chi connectivity index (χ3v) is 1.53. The minimum atomic E-state index is 0.899. The van der Waals surface area contributed by atoms with Gasteiger partial charge in [-0.05, 0) is 24.3 Å². The van der Waals surface area contributed by atoms with E-state index in [1.54, 1.807) is 18.3 Å². The second-order valence-electron chi connectivity index (χ2n) is 2.33. The van der Waals surface area contributed by atoms with Crippen LogP contribution in [0.2, 0.25) is 0 Å². The Morgan fingerprint density at radius 2 is 2.17 bits per heavy atom. The van der Waals surface area contributed by atoms with Crippen molar-refractivity contribution in [1.82, 2.24) is 9.97 Å². The van der Waals surface area contributed by atoms with E-state index in [9.17, 15) is 0 Å². The Bertz CT molecular complexity index is 305. The Kier molecular flexibility index (Phi) is 1.82. The van der Waals surface area contributed by atoms with Crippen molar-refractivity contribution >= 4 is 0 Å². The predicted molar refractivity (Wildman–Crippen MR) is 45.1 cm³/mol. The Labute approximate surface area is 70.9 Å². The molecule has 0 atom stereocenters. The minimum Gasteiger partial charge on any atom is -0.255 e. The molecule has 0 aliphatic heterocycles. The van der Waals surface area contributed by atoms with Crippen LogP contribution in [0.5, 0.6) is 0 Å². The van der Waals surface area contributed by atoms with E-state index >= 15 is 0 Å². The highest BCUT2D eigenvalue weighted by Crippen LogP contribution is 2.12. The van der Waals surface area contributed by atoms with E-state index in [0.29, 0.717) is 0 Å². The van der Waals surface area contributed by atoms with Crippen LogP contribution in [0, 0.1) is 12.4 Å². The van der Waals surface area contributed by atoms with Crippen molar-refractivity contribution in [2.45, 2.75) is 0 Å². The van der Waals surface area contributed by atoms with Crippen LogP contribution in [-0.2, 0) is 0 Å². The summed E-state index contributed by atoms with van der Waals surface area (Å²) in [7, 11) is 0. The molecule has 0 aliphatic carbocycles. The van der Waals surface area contributed by atoms with Crippen LogP contribution in [0.1, 0.15) is 0 Å². The van der Waals surface area contributed by atoms with Crippen LogP contribution in [0.25, 0.3) is 11.3 Å². The van der Waals surface area contributed by atoms with Gasteiger partial charge in [0.15, 0.2) is 0 Å². The maximum atomic E-state index is 4.08. The highest BCUT2D eigenvalue weighted by molar-refractivity contribution is 5.57. The average Bonchev–Trinajstić information content (AvgIpc) is 2.21. The van der Waals surface area contributed by atoms with Gasteiger partial charge in [0.2, 0.25) is 0 Å². The molecule has 0 saturated carbocycles.